The van der Waals surface area contributed by atoms with Crippen LogP contribution in [-0.4, -0.2) is 42.5 Å². The van der Waals surface area contributed by atoms with Gasteiger partial charge in [-0.2, -0.15) is 13.2 Å². The highest BCUT2D eigenvalue weighted by molar-refractivity contribution is 5.76. The molecule has 0 aliphatic heterocycles. The number of hydrogen-bond donors (Lipinski definition) is 2. The van der Waals surface area contributed by atoms with E-state index in [0.29, 0.717) is 12.8 Å². The topological polar surface area (TPSA) is 58.6 Å². The van der Waals surface area contributed by atoms with Gasteiger partial charge in [0.15, 0.2) is 0 Å². The van der Waals surface area contributed by atoms with Gasteiger partial charge in [0.25, 0.3) is 0 Å². The fourth-order valence-electron chi connectivity index (χ4n) is 1.91. The van der Waals surface area contributed by atoms with Crippen LogP contribution in [0.3, 0.4) is 0 Å². The summed E-state index contributed by atoms with van der Waals surface area (Å²) < 4.78 is 39.6. The van der Waals surface area contributed by atoms with Gasteiger partial charge < -0.3 is 15.2 Å². The zero-order chi connectivity index (χ0) is 13.6. The molecule has 0 saturated heterocycles. The van der Waals surface area contributed by atoms with Crippen LogP contribution in [0, 0.1) is 0 Å². The van der Waals surface area contributed by atoms with Crippen LogP contribution >= 0.6 is 0 Å². The van der Waals surface area contributed by atoms with E-state index in [1.54, 1.807) is 0 Å². The largest absolute Gasteiger partial charge is 0.411 e. The molecule has 4 nitrogen and oxygen atoms in total. The lowest BCUT2D eigenvalue weighted by molar-refractivity contribution is -0.174. The Morgan fingerprint density at radius 2 is 2.00 bits per heavy atom. The van der Waals surface area contributed by atoms with Crippen molar-refractivity contribution >= 4 is 5.91 Å². The van der Waals surface area contributed by atoms with E-state index in [1.807, 2.05) is 0 Å². The fourth-order valence-corrected chi connectivity index (χ4v) is 1.91. The molecule has 1 saturated carbocycles. The minimum Gasteiger partial charge on any atom is -0.391 e. The van der Waals surface area contributed by atoms with Gasteiger partial charge >= 0.3 is 6.18 Å². The van der Waals surface area contributed by atoms with Gasteiger partial charge in [-0.05, 0) is 12.8 Å². The van der Waals surface area contributed by atoms with E-state index in [0.717, 1.165) is 12.8 Å². The molecule has 1 fully saturated rings. The minimum atomic E-state index is -4.37. The first kappa shape index (κ1) is 15.2. The number of nitrogens with one attached hydrogen (secondary N) is 1. The fraction of sp³-hybridized carbons (Fsp3) is 0.909. The third-order valence-corrected chi connectivity index (χ3v) is 2.82. The maximum absolute atomic E-state index is 11.7. The number of halogens is 3. The Balaban J connectivity index is 2.13. The quantitative estimate of drug-likeness (QED) is 0.741. The van der Waals surface area contributed by atoms with Gasteiger partial charge in [-0.15, -0.1) is 0 Å². The summed E-state index contributed by atoms with van der Waals surface area (Å²) in [7, 11) is 0. The molecule has 18 heavy (non-hydrogen) atoms. The Kier molecular flexibility index (Phi) is 5.87. The van der Waals surface area contributed by atoms with E-state index < -0.39 is 18.9 Å². The second-order valence-electron chi connectivity index (χ2n) is 4.44. The Morgan fingerprint density at radius 3 is 2.61 bits per heavy atom. The lowest BCUT2D eigenvalue weighted by Crippen LogP contribution is -2.45. The summed E-state index contributed by atoms with van der Waals surface area (Å²) in [6.45, 7) is -1.61. The number of alkyl halides is 3. The molecule has 2 atom stereocenters. The van der Waals surface area contributed by atoms with Crippen molar-refractivity contribution in [3.05, 3.63) is 0 Å². The normalized spacial score (nSPS) is 24.9. The molecule has 1 aliphatic carbocycles. The second-order valence-corrected chi connectivity index (χ2v) is 4.44. The molecule has 0 radical (unpaired) electrons. The third-order valence-electron chi connectivity index (χ3n) is 2.82. The number of amides is 1. The van der Waals surface area contributed by atoms with Gasteiger partial charge in [-0.1, -0.05) is 12.8 Å². The van der Waals surface area contributed by atoms with Crippen molar-refractivity contribution in [2.24, 2.45) is 0 Å². The van der Waals surface area contributed by atoms with Crippen molar-refractivity contribution in [2.75, 3.05) is 13.2 Å². The summed E-state index contributed by atoms with van der Waals surface area (Å²) in [5.74, 6) is -0.386. The van der Waals surface area contributed by atoms with Crippen molar-refractivity contribution in [3.8, 4) is 0 Å². The molecule has 1 amide bonds. The first-order valence-corrected chi connectivity index (χ1v) is 6.00. The summed E-state index contributed by atoms with van der Waals surface area (Å²) in [6.07, 6.45) is -1.82. The Bertz CT molecular complexity index is 271. The van der Waals surface area contributed by atoms with E-state index in [2.05, 4.69) is 10.1 Å². The molecule has 106 valence electrons. The lowest BCUT2D eigenvalue weighted by Gasteiger charge is -2.28. The molecule has 1 rings (SSSR count). The van der Waals surface area contributed by atoms with Gasteiger partial charge in [-0.25, -0.2) is 0 Å². The molecule has 2 N–H and O–H groups in total. The average molecular weight is 269 g/mol. The minimum absolute atomic E-state index is 0.126. The Hall–Kier alpha value is -0.820. The van der Waals surface area contributed by atoms with Crippen molar-refractivity contribution in [1.29, 1.82) is 0 Å². The van der Waals surface area contributed by atoms with E-state index >= 15 is 0 Å². The highest BCUT2D eigenvalue weighted by Gasteiger charge is 2.28. The molecular weight excluding hydrogens is 251 g/mol. The molecule has 0 aromatic carbocycles. The maximum atomic E-state index is 11.7. The number of aliphatic hydroxyl groups is 1. The Morgan fingerprint density at radius 1 is 1.33 bits per heavy atom. The summed E-state index contributed by atoms with van der Waals surface area (Å²) >= 11 is 0. The standard InChI is InChI=1S/C11H18F3NO3/c12-11(13,14)7-18-6-5-10(17)15-8-3-1-2-4-9(8)16/h8-9,16H,1-7H2,(H,15,17)/t8-,9-/m0/s1. The van der Waals surface area contributed by atoms with Gasteiger partial charge in [0, 0.05) is 6.42 Å². The van der Waals surface area contributed by atoms with Crippen LogP contribution in [0.2, 0.25) is 0 Å². The van der Waals surface area contributed by atoms with Crippen LogP contribution in [0.1, 0.15) is 32.1 Å². The zero-order valence-electron chi connectivity index (χ0n) is 10.0. The van der Waals surface area contributed by atoms with Gasteiger partial charge in [0.05, 0.1) is 18.8 Å². The molecule has 0 bridgehead atoms. The number of carbonyl (C=O) groups excluding carboxylic acids is 1. The van der Waals surface area contributed by atoms with Crippen LogP contribution in [0.4, 0.5) is 13.2 Å². The summed E-state index contributed by atoms with van der Waals surface area (Å²) in [6, 6.07) is -0.283. The van der Waals surface area contributed by atoms with Gasteiger partial charge in [0.2, 0.25) is 5.91 Å². The van der Waals surface area contributed by atoms with Crippen molar-refractivity contribution < 1.29 is 27.8 Å². The molecule has 1 aliphatic rings. The monoisotopic (exact) mass is 269 g/mol. The van der Waals surface area contributed by atoms with E-state index in [4.69, 9.17) is 0 Å². The smallest absolute Gasteiger partial charge is 0.391 e. The van der Waals surface area contributed by atoms with Crippen molar-refractivity contribution in [2.45, 2.75) is 50.4 Å². The SMILES string of the molecule is O=C(CCOCC(F)(F)F)N[C@H]1CCCC[C@@H]1O. The molecule has 0 aromatic rings. The van der Waals surface area contributed by atoms with E-state index in [1.165, 1.54) is 0 Å². The first-order chi connectivity index (χ1) is 8.38. The predicted molar refractivity (Wildman–Crippen MR) is 57.9 cm³/mol. The van der Waals surface area contributed by atoms with Gasteiger partial charge in [-0.3, -0.25) is 4.79 Å². The van der Waals surface area contributed by atoms with Crippen molar-refractivity contribution in [1.82, 2.24) is 5.32 Å². The number of aliphatic hydroxyl groups excluding tert-OH is 1. The number of rotatable bonds is 5. The second kappa shape index (κ2) is 6.94. The third kappa shape index (κ3) is 6.20. The Labute approximate surface area is 103 Å². The van der Waals surface area contributed by atoms with Crippen LogP contribution in [0.15, 0.2) is 0 Å². The van der Waals surface area contributed by atoms with Crippen LogP contribution in [0.5, 0.6) is 0 Å². The molecule has 0 heterocycles. The average Bonchev–Trinajstić information content (AvgIpc) is 2.26. The number of carbonyl (C=O) groups is 1. The zero-order valence-corrected chi connectivity index (χ0v) is 10.0. The highest BCUT2D eigenvalue weighted by Crippen LogP contribution is 2.18. The van der Waals surface area contributed by atoms with Crippen LogP contribution in [0.25, 0.3) is 0 Å². The first-order valence-electron chi connectivity index (χ1n) is 6.00. The molecular formula is C11H18F3NO3. The summed E-state index contributed by atoms with van der Waals surface area (Å²) in [5, 5.41) is 12.2. The molecule has 7 heteroatoms. The number of ether oxygens (including phenoxy) is 1. The van der Waals surface area contributed by atoms with Gasteiger partial charge in [0.1, 0.15) is 6.61 Å². The highest BCUT2D eigenvalue weighted by atomic mass is 19.4. The van der Waals surface area contributed by atoms with Crippen LogP contribution in [-0.2, 0) is 9.53 Å². The summed E-state index contributed by atoms with van der Waals surface area (Å²) in [4.78, 5) is 11.4. The molecule has 0 aromatic heterocycles. The maximum Gasteiger partial charge on any atom is 0.411 e. The molecule has 0 spiro atoms. The summed E-state index contributed by atoms with van der Waals surface area (Å²) in [5.41, 5.74) is 0. The predicted octanol–water partition coefficient (Wildman–Crippen LogP) is 1.38. The lowest BCUT2D eigenvalue weighted by atomic mass is 9.92. The number of hydrogen-bond acceptors (Lipinski definition) is 3. The van der Waals surface area contributed by atoms with Crippen LogP contribution < -0.4 is 5.32 Å². The van der Waals surface area contributed by atoms with Crippen molar-refractivity contribution in [3.63, 3.8) is 0 Å². The molecule has 0 unspecified atom stereocenters. The van der Waals surface area contributed by atoms with E-state index in [-0.39, 0.29) is 25.0 Å². The van der Waals surface area contributed by atoms with E-state index in [9.17, 15) is 23.1 Å².